The van der Waals surface area contributed by atoms with Crippen LogP contribution in [0.15, 0.2) is 42.5 Å². The summed E-state index contributed by atoms with van der Waals surface area (Å²) in [4.78, 5) is 27.0. The van der Waals surface area contributed by atoms with E-state index in [1.165, 1.54) is 17.0 Å². The third kappa shape index (κ3) is 6.87. The van der Waals surface area contributed by atoms with Gasteiger partial charge in [-0.3, -0.25) is 9.59 Å². The molecular formula is C24H31FN2O3. The molecule has 1 atom stereocenters. The lowest BCUT2D eigenvalue weighted by atomic mass is 10.1. The highest BCUT2D eigenvalue weighted by Gasteiger charge is 2.26. The fraction of sp³-hybridized carbons (Fsp3) is 0.417. The number of halogens is 1. The van der Waals surface area contributed by atoms with Crippen LogP contribution in [0.25, 0.3) is 0 Å². The summed E-state index contributed by atoms with van der Waals surface area (Å²) in [5, 5.41) is 2.87. The first-order valence-corrected chi connectivity index (χ1v) is 10.2. The van der Waals surface area contributed by atoms with Gasteiger partial charge in [-0.05, 0) is 67.6 Å². The Labute approximate surface area is 178 Å². The van der Waals surface area contributed by atoms with Gasteiger partial charge in [-0.2, -0.15) is 0 Å². The standard InChI is InChI=1S/C24H31FN2O3/c1-16(2)13-26-24(29)19(5)27(14-20-7-9-21(25)10-8-20)23(28)15-30-22-11-6-17(3)18(4)12-22/h6-12,16,19H,13-15H2,1-5H3,(H,26,29)/t19-/m1/s1. The molecule has 0 aliphatic carbocycles. The van der Waals surface area contributed by atoms with Crippen LogP contribution < -0.4 is 10.1 Å². The molecule has 2 aromatic rings. The number of ether oxygens (including phenoxy) is 1. The molecule has 0 fully saturated rings. The number of nitrogens with one attached hydrogen (secondary N) is 1. The maximum atomic E-state index is 13.3. The van der Waals surface area contributed by atoms with Crippen molar-refractivity contribution in [3.8, 4) is 5.75 Å². The predicted molar refractivity (Wildman–Crippen MR) is 116 cm³/mol. The van der Waals surface area contributed by atoms with Crippen LogP contribution in [0.2, 0.25) is 0 Å². The third-order valence-corrected chi connectivity index (χ3v) is 4.96. The molecule has 0 heterocycles. The number of benzene rings is 2. The molecule has 0 radical (unpaired) electrons. The molecule has 162 valence electrons. The number of carbonyl (C=O) groups is 2. The topological polar surface area (TPSA) is 58.6 Å². The molecule has 0 aromatic heterocycles. The van der Waals surface area contributed by atoms with Crippen molar-refractivity contribution in [1.82, 2.24) is 10.2 Å². The van der Waals surface area contributed by atoms with E-state index in [9.17, 15) is 14.0 Å². The van der Waals surface area contributed by atoms with E-state index in [2.05, 4.69) is 5.32 Å². The van der Waals surface area contributed by atoms with Crippen molar-refractivity contribution in [1.29, 1.82) is 0 Å². The van der Waals surface area contributed by atoms with Crippen molar-refractivity contribution >= 4 is 11.8 Å². The molecule has 0 saturated carbocycles. The minimum atomic E-state index is -0.690. The first-order valence-electron chi connectivity index (χ1n) is 10.2. The van der Waals surface area contributed by atoms with E-state index in [1.54, 1.807) is 19.1 Å². The number of amides is 2. The lowest BCUT2D eigenvalue weighted by molar-refractivity contribution is -0.142. The molecule has 0 bridgehead atoms. The number of rotatable bonds is 9. The Bertz CT molecular complexity index is 865. The average Bonchev–Trinajstić information content (AvgIpc) is 2.71. The normalized spacial score (nSPS) is 11.8. The van der Waals surface area contributed by atoms with Gasteiger partial charge in [0.2, 0.25) is 5.91 Å². The minimum Gasteiger partial charge on any atom is -0.484 e. The van der Waals surface area contributed by atoms with E-state index >= 15 is 0 Å². The highest BCUT2D eigenvalue weighted by Crippen LogP contribution is 2.17. The summed E-state index contributed by atoms with van der Waals surface area (Å²) >= 11 is 0. The molecule has 30 heavy (non-hydrogen) atoms. The molecule has 6 heteroatoms. The highest BCUT2D eigenvalue weighted by atomic mass is 19.1. The number of hydrogen-bond donors (Lipinski definition) is 1. The molecule has 0 unspecified atom stereocenters. The molecule has 0 spiro atoms. The van der Waals surface area contributed by atoms with Crippen molar-refractivity contribution in [2.24, 2.45) is 5.92 Å². The SMILES string of the molecule is Cc1ccc(OCC(=O)N(Cc2ccc(F)cc2)[C@H](C)C(=O)NCC(C)C)cc1C. The van der Waals surface area contributed by atoms with Crippen molar-refractivity contribution in [3.63, 3.8) is 0 Å². The van der Waals surface area contributed by atoms with Gasteiger partial charge in [0.1, 0.15) is 17.6 Å². The van der Waals surface area contributed by atoms with E-state index in [0.717, 1.165) is 16.7 Å². The van der Waals surface area contributed by atoms with Crippen molar-refractivity contribution in [2.45, 2.75) is 47.2 Å². The smallest absolute Gasteiger partial charge is 0.261 e. The number of nitrogens with zero attached hydrogens (tertiary/aromatic N) is 1. The largest absolute Gasteiger partial charge is 0.484 e. The molecular weight excluding hydrogens is 383 g/mol. The van der Waals surface area contributed by atoms with Crippen molar-refractivity contribution in [2.75, 3.05) is 13.2 Å². The summed E-state index contributed by atoms with van der Waals surface area (Å²) in [7, 11) is 0. The van der Waals surface area contributed by atoms with Crippen LogP contribution in [0.4, 0.5) is 4.39 Å². The maximum absolute atomic E-state index is 13.3. The second kappa shape index (κ2) is 10.8. The zero-order valence-electron chi connectivity index (χ0n) is 18.4. The fourth-order valence-electron chi connectivity index (χ4n) is 2.85. The van der Waals surface area contributed by atoms with E-state index in [4.69, 9.17) is 4.74 Å². The number of aryl methyl sites for hydroxylation is 2. The summed E-state index contributed by atoms with van der Waals surface area (Å²) < 4.78 is 18.9. The maximum Gasteiger partial charge on any atom is 0.261 e. The van der Waals surface area contributed by atoms with Crippen LogP contribution in [0.5, 0.6) is 5.75 Å². The summed E-state index contributed by atoms with van der Waals surface area (Å²) in [6.45, 7) is 10.2. The minimum absolute atomic E-state index is 0.186. The molecule has 0 aliphatic heterocycles. The Morgan fingerprint density at radius 1 is 1.03 bits per heavy atom. The van der Waals surface area contributed by atoms with Crippen LogP contribution in [0, 0.1) is 25.6 Å². The molecule has 5 nitrogen and oxygen atoms in total. The van der Waals surface area contributed by atoms with E-state index in [-0.39, 0.29) is 30.8 Å². The zero-order valence-corrected chi connectivity index (χ0v) is 18.4. The fourth-order valence-corrected chi connectivity index (χ4v) is 2.85. The van der Waals surface area contributed by atoms with E-state index < -0.39 is 6.04 Å². The zero-order chi connectivity index (χ0) is 22.3. The Morgan fingerprint density at radius 2 is 1.70 bits per heavy atom. The summed E-state index contributed by atoms with van der Waals surface area (Å²) in [5.41, 5.74) is 2.95. The molecule has 2 amide bonds. The van der Waals surface area contributed by atoms with Gasteiger partial charge in [0.15, 0.2) is 6.61 Å². The summed E-state index contributed by atoms with van der Waals surface area (Å²) in [6.07, 6.45) is 0. The Hall–Kier alpha value is -2.89. The molecule has 0 aliphatic rings. The van der Waals surface area contributed by atoms with Crippen molar-refractivity contribution in [3.05, 3.63) is 65.0 Å². The van der Waals surface area contributed by atoms with Crippen molar-refractivity contribution < 1.29 is 18.7 Å². The monoisotopic (exact) mass is 414 g/mol. The average molecular weight is 415 g/mol. The van der Waals surface area contributed by atoms with Gasteiger partial charge in [-0.1, -0.05) is 32.0 Å². The summed E-state index contributed by atoms with van der Waals surface area (Å²) in [5.74, 6) is 0.00752. The second-order valence-corrected chi connectivity index (χ2v) is 8.00. The Kier molecular flexibility index (Phi) is 8.39. The quantitative estimate of drug-likeness (QED) is 0.674. The van der Waals surface area contributed by atoms with Gasteiger partial charge in [-0.25, -0.2) is 4.39 Å². The first-order chi connectivity index (χ1) is 14.2. The van der Waals surface area contributed by atoms with Gasteiger partial charge in [0, 0.05) is 13.1 Å². The van der Waals surface area contributed by atoms with E-state index in [1.807, 2.05) is 45.9 Å². The molecule has 2 rings (SSSR count). The van der Waals surface area contributed by atoms with Gasteiger partial charge in [-0.15, -0.1) is 0 Å². The lowest BCUT2D eigenvalue weighted by Crippen LogP contribution is -2.49. The number of hydrogen-bond acceptors (Lipinski definition) is 3. The predicted octanol–water partition coefficient (Wildman–Crippen LogP) is 4.01. The van der Waals surface area contributed by atoms with Crippen LogP contribution in [-0.4, -0.2) is 35.9 Å². The Morgan fingerprint density at radius 3 is 2.30 bits per heavy atom. The second-order valence-electron chi connectivity index (χ2n) is 8.00. The van der Waals surface area contributed by atoms with Crippen LogP contribution >= 0.6 is 0 Å². The van der Waals surface area contributed by atoms with Gasteiger partial charge < -0.3 is 15.0 Å². The first kappa shape index (κ1) is 23.4. The van der Waals surface area contributed by atoms with Crippen LogP contribution in [-0.2, 0) is 16.1 Å². The third-order valence-electron chi connectivity index (χ3n) is 4.96. The van der Waals surface area contributed by atoms with Crippen LogP contribution in [0.3, 0.4) is 0 Å². The van der Waals surface area contributed by atoms with Gasteiger partial charge in [0.25, 0.3) is 5.91 Å². The molecule has 2 aromatic carbocycles. The Balaban J connectivity index is 2.13. The highest BCUT2D eigenvalue weighted by molar-refractivity contribution is 5.87. The molecule has 1 N–H and O–H groups in total. The van der Waals surface area contributed by atoms with Gasteiger partial charge in [0.05, 0.1) is 0 Å². The molecule has 0 saturated heterocycles. The van der Waals surface area contributed by atoms with Crippen LogP contribution in [0.1, 0.15) is 37.5 Å². The number of carbonyl (C=O) groups excluding carboxylic acids is 2. The summed E-state index contributed by atoms with van der Waals surface area (Å²) in [6, 6.07) is 10.8. The lowest BCUT2D eigenvalue weighted by Gasteiger charge is -2.29. The van der Waals surface area contributed by atoms with E-state index in [0.29, 0.717) is 18.2 Å². The van der Waals surface area contributed by atoms with Gasteiger partial charge >= 0.3 is 0 Å².